The number of pyridine rings is 1. The average molecular weight is 389 g/mol. The smallest absolute Gasteiger partial charge is 0.338 e. The topological polar surface area (TPSA) is 68.7 Å². The largest absolute Gasteiger partial charge is 0.462 e. The number of fused-ring (bicyclic) bond motifs is 2. The molecule has 0 amide bonds. The summed E-state index contributed by atoms with van der Waals surface area (Å²) in [4.78, 5) is 17.0. The Morgan fingerprint density at radius 3 is 2.76 bits per heavy atom. The maximum Gasteiger partial charge on any atom is 0.338 e. The van der Waals surface area contributed by atoms with Crippen molar-refractivity contribution in [2.75, 3.05) is 6.61 Å². The third-order valence-electron chi connectivity index (χ3n) is 5.15. The number of esters is 1. The molecule has 1 aliphatic rings. The molecule has 1 aliphatic heterocycles. The van der Waals surface area contributed by atoms with Gasteiger partial charge in [-0.1, -0.05) is 24.3 Å². The SMILES string of the molecule is CCOC(=O)c1c(C)cc(CO)c2c1Cc1cccc(Cc3ccccn3)c1O2. The number of hydrogen-bond acceptors (Lipinski definition) is 5. The van der Waals surface area contributed by atoms with E-state index in [4.69, 9.17) is 9.47 Å². The van der Waals surface area contributed by atoms with Gasteiger partial charge in [-0.25, -0.2) is 4.79 Å². The van der Waals surface area contributed by atoms with Crippen LogP contribution in [0.4, 0.5) is 0 Å². The fourth-order valence-corrected chi connectivity index (χ4v) is 3.88. The summed E-state index contributed by atoms with van der Waals surface area (Å²) in [7, 11) is 0. The number of ether oxygens (including phenoxy) is 2. The summed E-state index contributed by atoms with van der Waals surface area (Å²) in [6.45, 7) is 3.79. The van der Waals surface area contributed by atoms with Crippen molar-refractivity contribution in [2.24, 2.45) is 0 Å². The molecule has 0 saturated carbocycles. The normalized spacial score (nSPS) is 12.0. The Labute approximate surface area is 169 Å². The van der Waals surface area contributed by atoms with Gasteiger partial charge in [0.05, 0.1) is 18.8 Å². The van der Waals surface area contributed by atoms with E-state index in [-0.39, 0.29) is 12.6 Å². The van der Waals surface area contributed by atoms with Crippen molar-refractivity contribution in [3.05, 3.63) is 87.7 Å². The van der Waals surface area contributed by atoms with Crippen LogP contribution in [0.3, 0.4) is 0 Å². The summed E-state index contributed by atoms with van der Waals surface area (Å²) in [6.07, 6.45) is 2.97. The zero-order valence-electron chi connectivity index (χ0n) is 16.6. The molecule has 2 aromatic carbocycles. The molecule has 1 N–H and O–H groups in total. The van der Waals surface area contributed by atoms with Crippen molar-refractivity contribution in [2.45, 2.75) is 33.3 Å². The highest BCUT2D eigenvalue weighted by Crippen LogP contribution is 2.43. The van der Waals surface area contributed by atoms with Gasteiger partial charge in [-0.3, -0.25) is 4.98 Å². The summed E-state index contributed by atoms with van der Waals surface area (Å²) in [5.74, 6) is 0.976. The highest BCUT2D eigenvalue weighted by Gasteiger charge is 2.29. The van der Waals surface area contributed by atoms with Crippen LogP contribution >= 0.6 is 0 Å². The second-order valence-electron chi connectivity index (χ2n) is 7.10. The summed E-state index contributed by atoms with van der Waals surface area (Å²) in [5, 5.41) is 9.90. The van der Waals surface area contributed by atoms with Crippen LogP contribution in [0.5, 0.6) is 11.5 Å². The molecule has 0 atom stereocenters. The summed E-state index contributed by atoms with van der Waals surface area (Å²) in [6, 6.07) is 13.7. The fourth-order valence-electron chi connectivity index (χ4n) is 3.88. The number of hydrogen-bond donors (Lipinski definition) is 1. The predicted octanol–water partition coefficient (Wildman–Crippen LogP) is 4.35. The Morgan fingerprint density at radius 1 is 1.17 bits per heavy atom. The van der Waals surface area contributed by atoms with Crippen molar-refractivity contribution in [3.8, 4) is 11.5 Å². The van der Waals surface area contributed by atoms with E-state index in [0.717, 1.165) is 33.7 Å². The number of nitrogens with zero attached hydrogens (tertiary/aromatic N) is 1. The summed E-state index contributed by atoms with van der Waals surface area (Å²) >= 11 is 0. The van der Waals surface area contributed by atoms with Crippen molar-refractivity contribution in [3.63, 3.8) is 0 Å². The van der Waals surface area contributed by atoms with Crippen LogP contribution in [0.15, 0.2) is 48.7 Å². The second-order valence-corrected chi connectivity index (χ2v) is 7.10. The third kappa shape index (κ3) is 3.61. The maximum absolute atomic E-state index is 12.6. The van der Waals surface area contributed by atoms with Crippen LogP contribution in [-0.4, -0.2) is 22.7 Å². The molecule has 0 bridgehead atoms. The predicted molar refractivity (Wildman–Crippen MR) is 109 cm³/mol. The molecule has 5 nitrogen and oxygen atoms in total. The average Bonchev–Trinajstić information content (AvgIpc) is 2.73. The minimum absolute atomic E-state index is 0.163. The van der Waals surface area contributed by atoms with Gasteiger partial charge in [-0.15, -0.1) is 0 Å². The van der Waals surface area contributed by atoms with Gasteiger partial charge in [0.1, 0.15) is 11.5 Å². The van der Waals surface area contributed by atoms with Crippen LogP contribution in [0.1, 0.15) is 50.8 Å². The molecule has 0 spiro atoms. The van der Waals surface area contributed by atoms with E-state index in [2.05, 4.69) is 4.98 Å². The quantitative estimate of drug-likeness (QED) is 0.514. The lowest BCUT2D eigenvalue weighted by Crippen LogP contribution is -2.16. The Hall–Kier alpha value is -3.18. The molecular formula is C24H23NO4. The molecule has 29 heavy (non-hydrogen) atoms. The van der Waals surface area contributed by atoms with E-state index >= 15 is 0 Å². The number of carbonyl (C=O) groups is 1. The monoisotopic (exact) mass is 389 g/mol. The zero-order chi connectivity index (χ0) is 20.4. The van der Waals surface area contributed by atoms with Gasteiger partial charge in [-0.2, -0.15) is 0 Å². The van der Waals surface area contributed by atoms with Crippen molar-refractivity contribution < 1.29 is 19.4 Å². The first-order chi connectivity index (χ1) is 14.1. The van der Waals surface area contributed by atoms with E-state index in [1.54, 1.807) is 19.2 Å². The minimum atomic E-state index is -0.359. The van der Waals surface area contributed by atoms with Crippen LogP contribution in [0.25, 0.3) is 0 Å². The Kier molecular flexibility index (Phi) is 5.32. The van der Waals surface area contributed by atoms with Gasteiger partial charge in [0.25, 0.3) is 0 Å². The van der Waals surface area contributed by atoms with Crippen LogP contribution in [0.2, 0.25) is 0 Å². The Balaban J connectivity index is 1.80. The van der Waals surface area contributed by atoms with Gasteiger partial charge < -0.3 is 14.6 Å². The Bertz CT molecular complexity index is 1060. The minimum Gasteiger partial charge on any atom is -0.462 e. The molecule has 4 rings (SSSR count). The van der Waals surface area contributed by atoms with Gasteiger partial charge in [0, 0.05) is 41.4 Å². The van der Waals surface area contributed by atoms with Gasteiger partial charge in [0.15, 0.2) is 0 Å². The van der Waals surface area contributed by atoms with Crippen molar-refractivity contribution in [1.29, 1.82) is 0 Å². The van der Waals surface area contributed by atoms with Crippen LogP contribution < -0.4 is 4.74 Å². The van der Waals surface area contributed by atoms with E-state index in [0.29, 0.717) is 36.3 Å². The Morgan fingerprint density at radius 2 is 2.03 bits per heavy atom. The molecular weight excluding hydrogens is 366 g/mol. The summed E-state index contributed by atoms with van der Waals surface area (Å²) < 4.78 is 11.6. The molecule has 148 valence electrons. The number of rotatable bonds is 5. The van der Waals surface area contributed by atoms with E-state index in [9.17, 15) is 9.90 Å². The van der Waals surface area contributed by atoms with Gasteiger partial charge >= 0.3 is 5.97 Å². The number of carbonyl (C=O) groups excluding carboxylic acids is 1. The molecule has 0 unspecified atom stereocenters. The lowest BCUT2D eigenvalue weighted by atomic mass is 9.89. The zero-order valence-corrected chi connectivity index (χ0v) is 16.6. The highest BCUT2D eigenvalue weighted by molar-refractivity contribution is 5.94. The summed E-state index contributed by atoms with van der Waals surface area (Å²) in [5.41, 5.74) is 5.73. The van der Waals surface area contributed by atoms with Crippen molar-refractivity contribution in [1.82, 2.24) is 4.98 Å². The molecule has 5 heteroatoms. The highest BCUT2D eigenvalue weighted by atomic mass is 16.5. The molecule has 3 aromatic rings. The third-order valence-corrected chi connectivity index (χ3v) is 5.15. The molecule has 0 saturated heterocycles. The van der Waals surface area contributed by atoms with Gasteiger partial charge in [0.2, 0.25) is 0 Å². The first-order valence-electron chi connectivity index (χ1n) is 9.74. The first kappa shape index (κ1) is 19.2. The van der Waals surface area contributed by atoms with Crippen LogP contribution in [-0.2, 0) is 24.2 Å². The number of aliphatic hydroxyl groups excluding tert-OH is 1. The molecule has 2 heterocycles. The lowest BCUT2D eigenvalue weighted by molar-refractivity contribution is 0.0523. The lowest BCUT2D eigenvalue weighted by Gasteiger charge is -2.27. The first-order valence-corrected chi connectivity index (χ1v) is 9.74. The standard InChI is InChI=1S/C24H23NO4/c1-3-28-24(27)21-15(2)11-18(14-26)23-20(21)13-17-8-6-7-16(22(17)29-23)12-19-9-4-5-10-25-19/h4-11,26H,3,12-14H2,1-2H3. The van der Waals surface area contributed by atoms with Crippen LogP contribution in [0, 0.1) is 6.92 Å². The molecule has 0 fully saturated rings. The second kappa shape index (κ2) is 8.05. The van der Waals surface area contributed by atoms with Gasteiger partial charge in [-0.05, 0) is 43.2 Å². The molecule has 0 radical (unpaired) electrons. The van der Waals surface area contributed by atoms with Crippen molar-refractivity contribution >= 4 is 5.97 Å². The fraction of sp³-hybridized carbons (Fsp3) is 0.250. The number of para-hydroxylation sites is 1. The maximum atomic E-state index is 12.6. The number of benzene rings is 2. The number of aromatic nitrogens is 1. The van der Waals surface area contributed by atoms with E-state index < -0.39 is 0 Å². The van der Waals surface area contributed by atoms with E-state index in [1.807, 2.05) is 43.3 Å². The molecule has 0 aliphatic carbocycles. The number of aryl methyl sites for hydroxylation is 1. The molecule has 1 aromatic heterocycles. The van der Waals surface area contributed by atoms with E-state index in [1.165, 1.54) is 0 Å². The number of aliphatic hydroxyl groups is 1.